The third-order valence-electron chi connectivity index (χ3n) is 3.31. The van der Waals surface area contributed by atoms with E-state index in [9.17, 15) is 9.90 Å². The molecule has 0 aliphatic carbocycles. The Morgan fingerprint density at radius 2 is 2.39 bits per heavy atom. The average Bonchev–Trinajstić information content (AvgIpc) is 2.82. The van der Waals surface area contributed by atoms with Crippen LogP contribution < -0.4 is 0 Å². The molecule has 0 saturated heterocycles. The number of fused-ring (bicyclic) bond motifs is 1. The molecule has 1 aromatic heterocycles. The van der Waals surface area contributed by atoms with Gasteiger partial charge in [-0.25, -0.2) is 0 Å². The van der Waals surface area contributed by atoms with Gasteiger partial charge in [-0.15, -0.1) is 23.1 Å². The average molecular weight is 285 g/mol. The fourth-order valence-electron chi connectivity index (χ4n) is 1.89. The van der Waals surface area contributed by atoms with Crippen LogP contribution in [-0.4, -0.2) is 39.6 Å². The van der Waals surface area contributed by atoms with Gasteiger partial charge in [0.05, 0.1) is 11.9 Å². The third kappa shape index (κ3) is 3.28. The van der Waals surface area contributed by atoms with Crippen molar-refractivity contribution in [3.8, 4) is 0 Å². The van der Waals surface area contributed by atoms with E-state index in [-0.39, 0.29) is 17.3 Å². The Morgan fingerprint density at radius 3 is 3.11 bits per heavy atom. The number of carbonyl (C=O) groups excluding carboxylic acids is 1. The second-order valence-electron chi connectivity index (χ2n) is 4.69. The van der Waals surface area contributed by atoms with E-state index in [1.54, 1.807) is 18.3 Å². The third-order valence-corrected chi connectivity index (χ3v) is 5.67. The van der Waals surface area contributed by atoms with Crippen LogP contribution in [0.3, 0.4) is 0 Å². The van der Waals surface area contributed by atoms with E-state index in [2.05, 4.69) is 11.4 Å². The summed E-state index contributed by atoms with van der Waals surface area (Å²) >= 11 is 3.32. The van der Waals surface area contributed by atoms with E-state index in [1.165, 1.54) is 22.2 Å². The molecule has 2 atom stereocenters. The number of thioether (sulfide) groups is 1. The minimum absolute atomic E-state index is 0.107. The summed E-state index contributed by atoms with van der Waals surface area (Å²) in [5, 5.41) is 11.6. The lowest BCUT2D eigenvalue weighted by Crippen LogP contribution is -2.37. The molecule has 1 aromatic rings. The molecule has 1 aliphatic heterocycles. The molecule has 100 valence electrons. The number of amides is 1. The number of hydrogen-bond acceptors (Lipinski definition) is 4. The largest absolute Gasteiger partial charge is 0.392 e. The van der Waals surface area contributed by atoms with Crippen LogP contribution in [0.5, 0.6) is 0 Å². The van der Waals surface area contributed by atoms with Gasteiger partial charge in [0, 0.05) is 23.2 Å². The summed E-state index contributed by atoms with van der Waals surface area (Å²) in [6.45, 7) is 5.30. The smallest absolute Gasteiger partial charge is 0.232 e. The molecule has 2 heterocycles. The van der Waals surface area contributed by atoms with Gasteiger partial charge in [-0.2, -0.15) is 0 Å². The molecular formula is C13H19NO2S2. The van der Waals surface area contributed by atoms with Crippen molar-refractivity contribution in [2.24, 2.45) is 0 Å². The summed E-state index contributed by atoms with van der Waals surface area (Å²) in [4.78, 5) is 15.4. The van der Waals surface area contributed by atoms with Gasteiger partial charge in [0.25, 0.3) is 0 Å². The van der Waals surface area contributed by atoms with Crippen LogP contribution in [0.4, 0.5) is 0 Å². The highest BCUT2D eigenvalue weighted by atomic mass is 32.2. The highest BCUT2D eigenvalue weighted by Gasteiger charge is 2.22. The fourth-order valence-corrected chi connectivity index (χ4v) is 3.65. The molecule has 0 bridgehead atoms. The summed E-state index contributed by atoms with van der Waals surface area (Å²) in [7, 11) is 0. The first-order valence-electron chi connectivity index (χ1n) is 6.20. The van der Waals surface area contributed by atoms with E-state index < -0.39 is 0 Å². The molecule has 5 heteroatoms. The van der Waals surface area contributed by atoms with E-state index in [4.69, 9.17) is 0 Å². The Labute approximate surface area is 116 Å². The highest BCUT2D eigenvalue weighted by Crippen LogP contribution is 2.25. The predicted octanol–water partition coefficient (Wildman–Crippen LogP) is 2.14. The lowest BCUT2D eigenvalue weighted by Gasteiger charge is -2.27. The maximum absolute atomic E-state index is 12.1. The van der Waals surface area contributed by atoms with E-state index >= 15 is 0 Å². The van der Waals surface area contributed by atoms with Gasteiger partial charge in [-0.1, -0.05) is 6.92 Å². The van der Waals surface area contributed by atoms with Crippen LogP contribution >= 0.6 is 23.1 Å². The van der Waals surface area contributed by atoms with Gasteiger partial charge in [-0.05, 0) is 30.4 Å². The second-order valence-corrected chi connectivity index (χ2v) is 7.06. The van der Waals surface area contributed by atoms with Gasteiger partial charge in [0.2, 0.25) is 5.91 Å². The van der Waals surface area contributed by atoms with Crippen molar-refractivity contribution in [3.05, 3.63) is 21.9 Å². The van der Waals surface area contributed by atoms with E-state index in [0.717, 1.165) is 19.5 Å². The maximum Gasteiger partial charge on any atom is 0.232 e. The van der Waals surface area contributed by atoms with Gasteiger partial charge < -0.3 is 10.0 Å². The van der Waals surface area contributed by atoms with Crippen molar-refractivity contribution in [2.75, 3.05) is 12.3 Å². The number of aliphatic hydroxyl groups is 1. The molecule has 0 radical (unpaired) electrons. The summed E-state index contributed by atoms with van der Waals surface area (Å²) in [5.41, 5.74) is 1.30. The van der Waals surface area contributed by atoms with Crippen molar-refractivity contribution in [3.63, 3.8) is 0 Å². The number of rotatable bonds is 4. The Morgan fingerprint density at radius 1 is 1.61 bits per heavy atom. The molecule has 18 heavy (non-hydrogen) atoms. The van der Waals surface area contributed by atoms with Crippen LogP contribution in [-0.2, 0) is 17.8 Å². The summed E-state index contributed by atoms with van der Waals surface area (Å²) in [6, 6.07) is 2.12. The van der Waals surface area contributed by atoms with E-state index in [0.29, 0.717) is 5.75 Å². The summed E-state index contributed by atoms with van der Waals surface area (Å²) in [5.74, 6) is 0.648. The van der Waals surface area contributed by atoms with E-state index in [1.807, 2.05) is 11.8 Å². The zero-order valence-electron chi connectivity index (χ0n) is 10.8. The zero-order chi connectivity index (χ0) is 13.1. The highest BCUT2D eigenvalue weighted by molar-refractivity contribution is 8.00. The van der Waals surface area contributed by atoms with Crippen molar-refractivity contribution in [2.45, 2.75) is 38.2 Å². The van der Waals surface area contributed by atoms with Crippen LogP contribution in [0.15, 0.2) is 11.4 Å². The molecule has 0 aromatic carbocycles. The number of nitrogens with zero attached hydrogens (tertiary/aromatic N) is 1. The minimum Gasteiger partial charge on any atom is -0.392 e. The number of aliphatic hydroxyl groups excluding tert-OH is 1. The molecule has 1 N–H and O–H groups in total. The summed E-state index contributed by atoms with van der Waals surface area (Å²) < 4.78 is 0. The molecule has 0 saturated carbocycles. The quantitative estimate of drug-likeness (QED) is 0.921. The second kappa shape index (κ2) is 6.08. The predicted molar refractivity (Wildman–Crippen MR) is 77.0 cm³/mol. The van der Waals surface area contributed by atoms with Crippen molar-refractivity contribution in [1.29, 1.82) is 0 Å². The Bertz CT molecular complexity index is 417. The molecular weight excluding hydrogens is 266 g/mol. The first-order valence-corrected chi connectivity index (χ1v) is 8.13. The van der Waals surface area contributed by atoms with Crippen molar-refractivity contribution < 1.29 is 9.90 Å². The van der Waals surface area contributed by atoms with Gasteiger partial charge >= 0.3 is 0 Å². The number of thiophene rings is 1. The van der Waals surface area contributed by atoms with Crippen molar-refractivity contribution >= 4 is 29.0 Å². The topological polar surface area (TPSA) is 40.5 Å². The normalized spacial score (nSPS) is 18.3. The lowest BCUT2D eigenvalue weighted by atomic mass is 10.1. The van der Waals surface area contributed by atoms with Crippen LogP contribution in [0.1, 0.15) is 24.3 Å². The van der Waals surface area contributed by atoms with Crippen LogP contribution in [0.25, 0.3) is 0 Å². The molecule has 1 amide bonds. The maximum atomic E-state index is 12.1. The molecule has 1 aliphatic rings. The molecule has 2 unspecified atom stereocenters. The molecule has 0 fully saturated rings. The van der Waals surface area contributed by atoms with Crippen LogP contribution in [0, 0.1) is 0 Å². The van der Waals surface area contributed by atoms with Gasteiger partial charge in [0.15, 0.2) is 0 Å². The van der Waals surface area contributed by atoms with Crippen molar-refractivity contribution in [1.82, 2.24) is 4.90 Å². The van der Waals surface area contributed by atoms with Crippen LogP contribution in [0.2, 0.25) is 0 Å². The lowest BCUT2D eigenvalue weighted by molar-refractivity contribution is -0.129. The standard InChI is InChI=1S/C13H19NO2S2/c1-9(15)10(2)18-8-13(16)14-5-3-12-11(7-14)4-6-17-12/h4,6,9-10,15H,3,5,7-8H2,1-2H3. The first kappa shape index (κ1) is 13.9. The van der Waals surface area contributed by atoms with Gasteiger partial charge in [-0.3, -0.25) is 4.79 Å². The molecule has 0 spiro atoms. The molecule has 3 nitrogen and oxygen atoms in total. The Kier molecular flexibility index (Phi) is 4.70. The van der Waals surface area contributed by atoms with Gasteiger partial charge in [0.1, 0.15) is 0 Å². The Balaban J connectivity index is 1.84. The zero-order valence-corrected chi connectivity index (χ0v) is 12.4. The minimum atomic E-state index is -0.368. The first-order chi connectivity index (χ1) is 8.58. The SMILES string of the molecule is CC(O)C(C)SCC(=O)N1CCc2sccc2C1. The number of hydrogen-bond donors (Lipinski definition) is 1. The fraction of sp³-hybridized carbons (Fsp3) is 0.615. The monoisotopic (exact) mass is 285 g/mol. The summed E-state index contributed by atoms with van der Waals surface area (Å²) in [6.07, 6.45) is 0.614. The molecule has 2 rings (SSSR count). The Hall–Kier alpha value is -0.520. The number of carbonyl (C=O) groups is 1.